The molecular formula is C21H33FN4O2. The number of hydrogen-bond donors (Lipinski definition) is 2. The van der Waals surface area contributed by atoms with Crippen LogP contribution in [0.5, 0.6) is 0 Å². The zero-order valence-electron chi connectivity index (χ0n) is 17.1. The quantitative estimate of drug-likeness (QED) is 0.696. The molecule has 6 nitrogen and oxygen atoms in total. The molecule has 0 bridgehead atoms. The summed E-state index contributed by atoms with van der Waals surface area (Å²) >= 11 is 0. The van der Waals surface area contributed by atoms with E-state index in [1.54, 1.807) is 0 Å². The molecule has 2 saturated heterocycles. The van der Waals surface area contributed by atoms with Gasteiger partial charge in [0.05, 0.1) is 18.9 Å². The Morgan fingerprint density at radius 2 is 2.00 bits per heavy atom. The van der Waals surface area contributed by atoms with E-state index in [1.165, 1.54) is 18.9 Å². The summed E-state index contributed by atoms with van der Waals surface area (Å²) in [6, 6.07) is -0.464. The number of carbonyl (C=O) groups excluding carboxylic acids is 2. The number of nitrogens with zero attached hydrogens (tertiary/aromatic N) is 2. The lowest BCUT2D eigenvalue weighted by atomic mass is 10.0. The fraction of sp³-hybridized carbons (Fsp3) is 0.714. The van der Waals surface area contributed by atoms with Crippen LogP contribution in [-0.2, 0) is 9.59 Å². The minimum atomic E-state index is -0.464. The van der Waals surface area contributed by atoms with Crippen molar-refractivity contribution >= 4 is 11.7 Å². The largest absolute Gasteiger partial charge is 0.377 e. The Hall–Kier alpha value is -1.89. The number of allylic oxidation sites excluding steroid dienone is 4. The van der Waals surface area contributed by atoms with Crippen molar-refractivity contribution in [3.05, 3.63) is 23.3 Å². The van der Waals surface area contributed by atoms with Gasteiger partial charge in [0, 0.05) is 31.8 Å². The highest BCUT2D eigenvalue weighted by molar-refractivity contribution is 5.91. The number of nitrogens with one attached hydrogen (secondary N) is 2. The monoisotopic (exact) mass is 392 g/mol. The second-order valence-electron chi connectivity index (χ2n) is 8.12. The van der Waals surface area contributed by atoms with Gasteiger partial charge in [-0.05, 0) is 31.3 Å². The maximum Gasteiger partial charge on any atom is 0.242 e. The van der Waals surface area contributed by atoms with Crippen LogP contribution in [0, 0.1) is 5.92 Å². The minimum absolute atomic E-state index is 0.0376. The average Bonchev–Trinajstić information content (AvgIpc) is 3.09. The molecule has 3 rings (SSSR count). The number of Topliss-reactive ketones (excluding diaryl/α,β-unsaturated/α-hetero) is 1. The highest BCUT2D eigenvalue weighted by Crippen LogP contribution is 2.29. The SMILES string of the molecule is CCC(CC)CN1CCN(C2=C(F)C=C(NC3CCC(=O)CNC3=O)CC2)C1. The van der Waals surface area contributed by atoms with Gasteiger partial charge >= 0.3 is 0 Å². The fourth-order valence-corrected chi connectivity index (χ4v) is 4.23. The van der Waals surface area contributed by atoms with Gasteiger partial charge in [-0.15, -0.1) is 0 Å². The Kier molecular flexibility index (Phi) is 7.10. The Morgan fingerprint density at radius 1 is 1.21 bits per heavy atom. The summed E-state index contributed by atoms with van der Waals surface area (Å²) < 4.78 is 14.8. The van der Waals surface area contributed by atoms with Crippen LogP contribution in [0.4, 0.5) is 4.39 Å². The first-order valence-corrected chi connectivity index (χ1v) is 10.6. The van der Waals surface area contributed by atoms with E-state index in [0.717, 1.165) is 37.7 Å². The van der Waals surface area contributed by atoms with E-state index in [1.807, 2.05) is 0 Å². The van der Waals surface area contributed by atoms with Crippen molar-refractivity contribution in [1.29, 1.82) is 0 Å². The number of amides is 1. The molecule has 156 valence electrons. The molecule has 0 spiro atoms. The molecule has 28 heavy (non-hydrogen) atoms. The summed E-state index contributed by atoms with van der Waals surface area (Å²) in [4.78, 5) is 28.2. The first-order valence-electron chi connectivity index (χ1n) is 10.6. The minimum Gasteiger partial charge on any atom is -0.377 e. The van der Waals surface area contributed by atoms with Crippen molar-refractivity contribution in [2.75, 3.05) is 32.8 Å². The topological polar surface area (TPSA) is 64.7 Å². The van der Waals surface area contributed by atoms with Crippen LogP contribution in [0.2, 0.25) is 0 Å². The van der Waals surface area contributed by atoms with Crippen LogP contribution >= 0.6 is 0 Å². The van der Waals surface area contributed by atoms with Crippen molar-refractivity contribution in [3.63, 3.8) is 0 Å². The van der Waals surface area contributed by atoms with Crippen LogP contribution in [0.3, 0.4) is 0 Å². The molecule has 1 atom stereocenters. The zero-order chi connectivity index (χ0) is 20.1. The Morgan fingerprint density at radius 3 is 2.71 bits per heavy atom. The van der Waals surface area contributed by atoms with Crippen molar-refractivity contribution in [2.24, 2.45) is 5.92 Å². The molecule has 2 fully saturated rings. The van der Waals surface area contributed by atoms with E-state index in [4.69, 9.17) is 0 Å². The van der Waals surface area contributed by atoms with Gasteiger partial charge in [-0.25, -0.2) is 4.39 Å². The van der Waals surface area contributed by atoms with Gasteiger partial charge in [-0.1, -0.05) is 26.7 Å². The summed E-state index contributed by atoms with van der Waals surface area (Å²) in [5, 5.41) is 5.78. The molecule has 2 heterocycles. The molecule has 3 aliphatic rings. The van der Waals surface area contributed by atoms with Gasteiger partial charge < -0.3 is 15.5 Å². The molecule has 0 aromatic carbocycles. The summed E-state index contributed by atoms with van der Waals surface area (Å²) in [5.74, 6) is 0.357. The van der Waals surface area contributed by atoms with E-state index >= 15 is 0 Å². The summed E-state index contributed by atoms with van der Waals surface area (Å²) in [6.07, 6.45) is 6.04. The second kappa shape index (κ2) is 9.54. The highest BCUT2D eigenvalue weighted by atomic mass is 19.1. The van der Waals surface area contributed by atoms with Crippen LogP contribution in [0.1, 0.15) is 52.4 Å². The predicted molar refractivity (Wildman–Crippen MR) is 107 cm³/mol. The lowest BCUT2D eigenvalue weighted by molar-refractivity contribution is -0.124. The van der Waals surface area contributed by atoms with Crippen molar-refractivity contribution < 1.29 is 14.0 Å². The van der Waals surface area contributed by atoms with Crippen molar-refractivity contribution in [3.8, 4) is 0 Å². The third-order valence-corrected chi connectivity index (χ3v) is 6.17. The smallest absolute Gasteiger partial charge is 0.242 e. The highest BCUT2D eigenvalue weighted by Gasteiger charge is 2.29. The maximum absolute atomic E-state index is 14.8. The standard InChI is InChI=1S/C21H33FN4O2/c1-3-15(4-2)13-25-9-10-26(14-25)20-8-5-16(11-18(20)22)24-19-7-6-17(27)12-23-21(19)28/h11,15,19,24H,3-10,12-14H2,1-2H3,(H,23,28). The average molecular weight is 393 g/mol. The predicted octanol–water partition coefficient (Wildman–Crippen LogP) is 2.29. The molecular weight excluding hydrogens is 359 g/mol. The number of carbonyl (C=O) groups is 2. The Balaban J connectivity index is 1.59. The summed E-state index contributed by atoms with van der Waals surface area (Å²) in [7, 11) is 0. The van der Waals surface area contributed by atoms with Crippen LogP contribution in [-0.4, -0.2) is 60.4 Å². The number of ketones is 1. The molecule has 0 aromatic rings. The Bertz CT molecular complexity index is 657. The van der Waals surface area contributed by atoms with E-state index in [-0.39, 0.29) is 24.1 Å². The van der Waals surface area contributed by atoms with E-state index in [9.17, 15) is 14.0 Å². The van der Waals surface area contributed by atoms with Gasteiger partial charge in [0.15, 0.2) is 5.78 Å². The molecule has 2 aliphatic heterocycles. The lowest BCUT2D eigenvalue weighted by Gasteiger charge is -2.28. The Labute approximate surface area is 167 Å². The summed E-state index contributed by atoms with van der Waals surface area (Å²) in [6.45, 7) is 8.28. The second-order valence-corrected chi connectivity index (χ2v) is 8.12. The van der Waals surface area contributed by atoms with Gasteiger partial charge in [0.2, 0.25) is 5.91 Å². The molecule has 1 unspecified atom stereocenters. The molecule has 7 heteroatoms. The van der Waals surface area contributed by atoms with E-state index < -0.39 is 6.04 Å². The first kappa shape index (κ1) is 20.8. The number of halogens is 1. The molecule has 0 radical (unpaired) electrons. The summed E-state index contributed by atoms with van der Waals surface area (Å²) in [5.41, 5.74) is 1.52. The van der Waals surface area contributed by atoms with Crippen molar-refractivity contribution in [2.45, 2.75) is 58.4 Å². The number of rotatable bonds is 7. The van der Waals surface area contributed by atoms with Crippen LogP contribution in [0.15, 0.2) is 23.3 Å². The van der Waals surface area contributed by atoms with Crippen LogP contribution < -0.4 is 10.6 Å². The van der Waals surface area contributed by atoms with E-state index in [2.05, 4.69) is 34.3 Å². The maximum atomic E-state index is 14.8. The van der Waals surface area contributed by atoms with Crippen LogP contribution in [0.25, 0.3) is 0 Å². The molecule has 2 N–H and O–H groups in total. The third kappa shape index (κ3) is 5.13. The van der Waals surface area contributed by atoms with Gasteiger partial charge in [0.1, 0.15) is 11.9 Å². The van der Waals surface area contributed by atoms with Gasteiger partial charge in [0.25, 0.3) is 0 Å². The molecule has 1 amide bonds. The molecule has 0 aromatic heterocycles. The fourth-order valence-electron chi connectivity index (χ4n) is 4.23. The van der Waals surface area contributed by atoms with Gasteiger partial charge in [-0.2, -0.15) is 0 Å². The zero-order valence-corrected chi connectivity index (χ0v) is 17.1. The van der Waals surface area contributed by atoms with E-state index in [0.29, 0.717) is 31.6 Å². The van der Waals surface area contributed by atoms with Gasteiger partial charge in [-0.3, -0.25) is 14.5 Å². The lowest BCUT2D eigenvalue weighted by Crippen LogP contribution is -2.43. The molecule has 0 saturated carbocycles. The molecule has 1 aliphatic carbocycles. The number of hydrogen-bond acceptors (Lipinski definition) is 5. The normalized spacial score (nSPS) is 24.5. The van der Waals surface area contributed by atoms with Crippen molar-refractivity contribution in [1.82, 2.24) is 20.4 Å². The third-order valence-electron chi connectivity index (χ3n) is 6.17. The first-order chi connectivity index (χ1) is 13.5.